The van der Waals surface area contributed by atoms with E-state index in [4.69, 9.17) is 0 Å². The molecule has 0 radical (unpaired) electrons. The summed E-state index contributed by atoms with van der Waals surface area (Å²) in [6.07, 6.45) is 14.2. The van der Waals surface area contributed by atoms with Gasteiger partial charge in [-0.25, -0.2) is 0 Å². The van der Waals surface area contributed by atoms with Gasteiger partial charge in [-0.2, -0.15) is 0 Å². The molecule has 0 bridgehead atoms. The highest BCUT2D eigenvalue weighted by Gasteiger charge is 2.31. The Kier molecular flexibility index (Phi) is 6.08. The molecule has 1 aliphatic rings. The summed E-state index contributed by atoms with van der Waals surface area (Å²) >= 11 is 0. The van der Waals surface area contributed by atoms with Gasteiger partial charge in [0.15, 0.2) is 0 Å². The zero-order valence-electron chi connectivity index (χ0n) is 14.1. The molecule has 0 aromatic heterocycles. The minimum Gasteiger partial charge on any atom is -0.0879 e. The number of hydrogen-bond donors (Lipinski definition) is 0. The van der Waals surface area contributed by atoms with E-state index in [0.29, 0.717) is 5.41 Å². The molecule has 21 heavy (non-hydrogen) atoms. The molecule has 0 N–H and O–H groups in total. The van der Waals surface area contributed by atoms with E-state index in [0.717, 1.165) is 18.3 Å². The van der Waals surface area contributed by atoms with Gasteiger partial charge in [0.1, 0.15) is 0 Å². The number of benzene rings is 1. The molecule has 1 aromatic carbocycles. The minimum atomic E-state index is 0.550. The fourth-order valence-corrected chi connectivity index (χ4v) is 3.59. The van der Waals surface area contributed by atoms with Crippen LogP contribution in [0.25, 0.3) is 0 Å². The highest BCUT2D eigenvalue weighted by molar-refractivity contribution is 5.17. The van der Waals surface area contributed by atoms with Crippen LogP contribution in [0.1, 0.15) is 64.9 Å². The standard InChI is InChI=1S/C21H32/c1-4-21(2,3)20-16-14-19(15-17-20)13-9-8-12-18-10-6-5-7-11-18/h5-11,19-20H,4,12-17H2,1-3H3/b9-8+. The van der Waals surface area contributed by atoms with Crippen LogP contribution < -0.4 is 0 Å². The van der Waals surface area contributed by atoms with Crippen molar-refractivity contribution in [3.05, 3.63) is 48.0 Å². The maximum Gasteiger partial charge on any atom is -0.00975 e. The van der Waals surface area contributed by atoms with Crippen LogP contribution in [0.5, 0.6) is 0 Å². The van der Waals surface area contributed by atoms with Gasteiger partial charge in [-0.15, -0.1) is 0 Å². The SMILES string of the molecule is CCC(C)(C)C1CCC(C/C=C/Cc2ccccc2)CC1. The van der Waals surface area contributed by atoms with Gasteiger partial charge < -0.3 is 0 Å². The minimum absolute atomic E-state index is 0.550. The Balaban J connectivity index is 1.69. The summed E-state index contributed by atoms with van der Waals surface area (Å²) in [7, 11) is 0. The molecule has 0 spiro atoms. The fourth-order valence-electron chi connectivity index (χ4n) is 3.59. The van der Waals surface area contributed by atoms with Crippen molar-refractivity contribution in [2.24, 2.45) is 17.3 Å². The van der Waals surface area contributed by atoms with Crippen molar-refractivity contribution >= 4 is 0 Å². The summed E-state index contributed by atoms with van der Waals surface area (Å²) in [5.41, 5.74) is 1.97. The molecule has 1 saturated carbocycles. The number of hydrogen-bond acceptors (Lipinski definition) is 0. The lowest BCUT2D eigenvalue weighted by Crippen LogP contribution is -2.27. The summed E-state index contributed by atoms with van der Waals surface area (Å²) in [6, 6.07) is 10.8. The third-order valence-electron chi connectivity index (χ3n) is 5.70. The van der Waals surface area contributed by atoms with Gasteiger partial charge >= 0.3 is 0 Å². The van der Waals surface area contributed by atoms with Crippen molar-refractivity contribution in [1.29, 1.82) is 0 Å². The van der Waals surface area contributed by atoms with E-state index in [2.05, 4.69) is 63.3 Å². The first-order valence-corrected chi connectivity index (χ1v) is 8.80. The summed E-state index contributed by atoms with van der Waals surface area (Å²) < 4.78 is 0. The summed E-state index contributed by atoms with van der Waals surface area (Å²) in [4.78, 5) is 0. The molecule has 1 aromatic rings. The van der Waals surface area contributed by atoms with E-state index in [-0.39, 0.29) is 0 Å². The van der Waals surface area contributed by atoms with Crippen LogP contribution in [-0.4, -0.2) is 0 Å². The Bertz CT molecular complexity index is 419. The van der Waals surface area contributed by atoms with E-state index in [9.17, 15) is 0 Å². The second kappa shape index (κ2) is 7.82. The van der Waals surface area contributed by atoms with Crippen LogP contribution >= 0.6 is 0 Å². The topological polar surface area (TPSA) is 0 Å². The number of allylic oxidation sites excluding steroid dienone is 2. The van der Waals surface area contributed by atoms with Crippen molar-refractivity contribution < 1.29 is 0 Å². The van der Waals surface area contributed by atoms with Crippen LogP contribution in [0.4, 0.5) is 0 Å². The maximum absolute atomic E-state index is 2.46. The Hall–Kier alpha value is -1.04. The largest absolute Gasteiger partial charge is 0.0879 e. The van der Waals surface area contributed by atoms with Crippen LogP contribution in [0, 0.1) is 17.3 Å². The van der Waals surface area contributed by atoms with Crippen LogP contribution in [0.3, 0.4) is 0 Å². The van der Waals surface area contributed by atoms with Crippen LogP contribution in [0.2, 0.25) is 0 Å². The third-order valence-corrected chi connectivity index (χ3v) is 5.70. The predicted octanol–water partition coefficient (Wildman–Crippen LogP) is 6.42. The average Bonchev–Trinajstić information content (AvgIpc) is 2.53. The second-order valence-electron chi connectivity index (χ2n) is 7.46. The van der Waals surface area contributed by atoms with Gasteiger partial charge in [0.25, 0.3) is 0 Å². The third kappa shape index (κ3) is 5.02. The monoisotopic (exact) mass is 284 g/mol. The van der Waals surface area contributed by atoms with Gasteiger partial charge in [-0.1, -0.05) is 69.7 Å². The van der Waals surface area contributed by atoms with Crippen molar-refractivity contribution in [3.8, 4) is 0 Å². The Labute approximate surface area is 131 Å². The summed E-state index contributed by atoms with van der Waals surface area (Å²) in [6.45, 7) is 7.26. The van der Waals surface area contributed by atoms with Crippen molar-refractivity contribution in [2.75, 3.05) is 0 Å². The van der Waals surface area contributed by atoms with Gasteiger partial charge in [0, 0.05) is 0 Å². The summed E-state index contributed by atoms with van der Waals surface area (Å²) in [5.74, 6) is 1.88. The first-order chi connectivity index (χ1) is 10.1. The van der Waals surface area contributed by atoms with E-state index < -0.39 is 0 Å². The molecule has 2 rings (SSSR count). The molecular weight excluding hydrogens is 252 g/mol. The zero-order valence-corrected chi connectivity index (χ0v) is 14.1. The number of rotatable bonds is 6. The normalized spacial score (nSPS) is 23.6. The predicted molar refractivity (Wildman–Crippen MR) is 93.4 cm³/mol. The Morgan fingerprint density at radius 1 is 1.00 bits per heavy atom. The molecule has 116 valence electrons. The molecule has 0 amide bonds. The van der Waals surface area contributed by atoms with E-state index in [1.165, 1.54) is 44.1 Å². The zero-order chi connectivity index (χ0) is 15.1. The lowest BCUT2D eigenvalue weighted by atomic mass is 9.67. The molecule has 0 aliphatic heterocycles. The van der Waals surface area contributed by atoms with Crippen molar-refractivity contribution in [3.63, 3.8) is 0 Å². The Morgan fingerprint density at radius 2 is 1.67 bits per heavy atom. The molecule has 0 unspecified atom stereocenters. The molecule has 0 atom stereocenters. The molecule has 1 aliphatic carbocycles. The van der Waals surface area contributed by atoms with E-state index in [1.807, 2.05) is 0 Å². The average molecular weight is 284 g/mol. The quantitative estimate of drug-likeness (QED) is 0.529. The first-order valence-electron chi connectivity index (χ1n) is 8.80. The molecule has 0 nitrogen and oxygen atoms in total. The van der Waals surface area contributed by atoms with Crippen molar-refractivity contribution in [1.82, 2.24) is 0 Å². The van der Waals surface area contributed by atoms with Gasteiger partial charge in [-0.3, -0.25) is 0 Å². The molecule has 0 heterocycles. The highest BCUT2D eigenvalue weighted by atomic mass is 14.4. The van der Waals surface area contributed by atoms with Crippen molar-refractivity contribution in [2.45, 2.75) is 65.7 Å². The first kappa shape index (κ1) is 16.3. The molecule has 0 saturated heterocycles. The molecule has 1 fully saturated rings. The molecule has 0 heteroatoms. The van der Waals surface area contributed by atoms with Crippen LogP contribution in [0.15, 0.2) is 42.5 Å². The Morgan fingerprint density at radius 3 is 2.29 bits per heavy atom. The van der Waals surface area contributed by atoms with E-state index >= 15 is 0 Å². The summed E-state index contributed by atoms with van der Waals surface area (Å²) in [5, 5.41) is 0. The molecular formula is C21H32. The van der Waals surface area contributed by atoms with Crippen LogP contribution in [-0.2, 0) is 6.42 Å². The lowest BCUT2D eigenvalue weighted by molar-refractivity contribution is 0.129. The van der Waals surface area contributed by atoms with Gasteiger partial charge in [0.2, 0.25) is 0 Å². The lowest BCUT2D eigenvalue weighted by Gasteiger charge is -2.38. The van der Waals surface area contributed by atoms with Gasteiger partial charge in [0.05, 0.1) is 0 Å². The maximum atomic E-state index is 2.46. The van der Waals surface area contributed by atoms with Gasteiger partial charge in [-0.05, 0) is 61.3 Å². The smallest absolute Gasteiger partial charge is 0.00975 e. The van der Waals surface area contributed by atoms with E-state index in [1.54, 1.807) is 0 Å². The second-order valence-corrected chi connectivity index (χ2v) is 7.46. The highest BCUT2D eigenvalue weighted by Crippen LogP contribution is 2.42. The fraction of sp³-hybridized carbons (Fsp3) is 0.619.